The maximum absolute atomic E-state index is 14.0. The third-order valence-corrected chi connectivity index (χ3v) is 4.63. The first kappa shape index (κ1) is 18.0. The molecule has 1 unspecified atom stereocenters. The minimum absolute atomic E-state index is 0.0174. The maximum atomic E-state index is 14.0. The van der Waals surface area contributed by atoms with Gasteiger partial charge in [-0.2, -0.15) is 0 Å². The van der Waals surface area contributed by atoms with Gasteiger partial charge in [-0.05, 0) is 37.6 Å². The number of nitro benzene ring substituents is 1. The van der Waals surface area contributed by atoms with Gasteiger partial charge >= 0.3 is 0 Å². The highest BCUT2D eigenvalue weighted by Gasteiger charge is 2.24. The summed E-state index contributed by atoms with van der Waals surface area (Å²) in [4.78, 5) is 24.7. The van der Waals surface area contributed by atoms with Crippen molar-refractivity contribution in [3.8, 4) is 0 Å². The van der Waals surface area contributed by atoms with Gasteiger partial charge in [0.25, 0.3) is 11.6 Å². The van der Waals surface area contributed by atoms with E-state index in [1.165, 1.54) is 0 Å². The molecule has 2 aromatic carbocycles. The van der Waals surface area contributed by atoms with E-state index in [0.29, 0.717) is 6.54 Å². The van der Waals surface area contributed by atoms with Gasteiger partial charge in [-0.25, -0.2) is 4.39 Å². The predicted molar refractivity (Wildman–Crippen MR) is 95.4 cm³/mol. The average Bonchev–Trinajstić information content (AvgIpc) is 3.17. The first-order chi connectivity index (χ1) is 12.6. The Hall–Kier alpha value is -2.80. The molecule has 2 aromatic rings. The molecular weight excluding hydrogens is 337 g/mol. The Morgan fingerprint density at radius 1 is 1.19 bits per heavy atom. The topological polar surface area (TPSA) is 75.5 Å². The van der Waals surface area contributed by atoms with Crippen LogP contribution in [0.4, 0.5) is 10.1 Å². The predicted octanol–water partition coefficient (Wildman–Crippen LogP) is 3.30. The molecule has 1 N–H and O–H groups in total. The molecule has 0 aromatic heterocycles. The first-order valence-corrected chi connectivity index (χ1v) is 8.57. The molecule has 26 heavy (non-hydrogen) atoms. The summed E-state index contributed by atoms with van der Waals surface area (Å²) in [6, 6.07) is 12.9. The number of nitrogens with zero attached hydrogens (tertiary/aromatic N) is 2. The van der Waals surface area contributed by atoms with E-state index in [2.05, 4.69) is 10.2 Å². The number of hydrogen-bond donors (Lipinski definition) is 1. The van der Waals surface area contributed by atoms with Crippen LogP contribution in [0.5, 0.6) is 0 Å². The van der Waals surface area contributed by atoms with E-state index in [9.17, 15) is 19.3 Å². The number of nitro groups is 1. The van der Waals surface area contributed by atoms with Gasteiger partial charge in [-0.15, -0.1) is 0 Å². The van der Waals surface area contributed by atoms with Gasteiger partial charge < -0.3 is 5.32 Å². The molecule has 7 heteroatoms. The maximum Gasteiger partial charge on any atom is 0.272 e. The van der Waals surface area contributed by atoms with Crippen LogP contribution < -0.4 is 5.32 Å². The van der Waals surface area contributed by atoms with Crippen molar-refractivity contribution >= 4 is 11.6 Å². The molecule has 0 spiro atoms. The van der Waals surface area contributed by atoms with E-state index in [4.69, 9.17) is 0 Å². The van der Waals surface area contributed by atoms with Crippen LogP contribution in [0.1, 0.15) is 34.8 Å². The van der Waals surface area contributed by atoms with Gasteiger partial charge in [0.15, 0.2) is 0 Å². The summed E-state index contributed by atoms with van der Waals surface area (Å²) >= 11 is 0. The second-order valence-electron chi connectivity index (χ2n) is 6.30. The first-order valence-electron chi connectivity index (χ1n) is 8.57. The fraction of sp³-hybridized carbons (Fsp3) is 0.316. The van der Waals surface area contributed by atoms with Crippen molar-refractivity contribution < 1.29 is 14.1 Å². The van der Waals surface area contributed by atoms with Gasteiger partial charge in [0, 0.05) is 12.6 Å². The standard InChI is InChI=1S/C19H20FN3O3/c20-17-12-15(23(25)26)8-9-16(17)19(24)21-13-18(22-10-4-5-11-22)14-6-2-1-3-7-14/h1-3,6-9,12,18H,4-5,10-11,13H2,(H,21,24). The minimum atomic E-state index is -0.894. The number of benzene rings is 2. The molecule has 136 valence electrons. The highest BCUT2D eigenvalue weighted by molar-refractivity contribution is 5.94. The van der Waals surface area contributed by atoms with Crippen molar-refractivity contribution in [2.75, 3.05) is 19.6 Å². The lowest BCUT2D eigenvalue weighted by Gasteiger charge is -2.28. The lowest BCUT2D eigenvalue weighted by Crippen LogP contribution is -2.37. The zero-order chi connectivity index (χ0) is 18.5. The van der Waals surface area contributed by atoms with Crippen molar-refractivity contribution in [3.63, 3.8) is 0 Å². The Bertz CT molecular complexity index is 792. The van der Waals surface area contributed by atoms with Crippen molar-refractivity contribution in [1.82, 2.24) is 10.2 Å². The Morgan fingerprint density at radius 2 is 1.88 bits per heavy atom. The largest absolute Gasteiger partial charge is 0.350 e. The van der Waals surface area contributed by atoms with E-state index >= 15 is 0 Å². The van der Waals surface area contributed by atoms with Crippen LogP contribution in [0.15, 0.2) is 48.5 Å². The zero-order valence-electron chi connectivity index (χ0n) is 14.2. The third-order valence-electron chi connectivity index (χ3n) is 4.63. The zero-order valence-corrected chi connectivity index (χ0v) is 14.2. The second-order valence-corrected chi connectivity index (χ2v) is 6.30. The molecule has 1 aliphatic heterocycles. The Balaban J connectivity index is 1.72. The van der Waals surface area contributed by atoms with Crippen molar-refractivity contribution in [2.24, 2.45) is 0 Å². The fourth-order valence-electron chi connectivity index (χ4n) is 3.27. The molecule has 0 saturated carbocycles. The van der Waals surface area contributed by atoms with Crippen LogP contribution in [-0.4, -0.2) is 35.4 Å². The van der Waals surface area contributed by atoms with E-state index < -0.39 is 16.6 Å². The molecule has 6 nitrogen and oxygen atoms in total. The number of likely N-dealkylation sites (tertiary alicyclic amines) is 1. The van der Waals surface area contributed by atoms with Crippen LogP contribution in [0.25, 0.3) is 0 Å². The molecule has 1 saturated heterocycles. The van der Waals surface area contributed by atoms with Crippen LogP contribution in [0.3, 0.4) is 0 Å². The SMILES string of the molecule is O=C(NCC(c1ccccc1)N1CCCC1)c1ccc([N+](=O)[O-])cc1F. The van der Waals surface area contributed by atoms with Crippen LogP contribution >= 0.6 is 0 Å². The van der Waals surface area contributed by atoms with E-state index in [1.54, 1.807) is 0 Å². The highest BCUT2D eigenvalue weighted by Crippen LogP contribution is 2.24. The van der Waals surface area contributed by atoms with Gasteiger partial charge in [0.1, 0.15) is 5.82 Å². The molecule has 0 aliphatic carbocycles. The number of halogens is 1. The quantitative estimate of drug-likeness (QED) is 0.636. The van der Waals surface area contributed by atoms with Gasteiger partial charge in [0.2, 0.25) is 0 Å². The van der Waals surface area contributed by atoms with Crippen molar-refractivity contribution in [1.29, 1.82) is 0 Å². The third kappa shape index (κ3) is 4.05. The molecule has 1 heterocycles. The Labute approximate surface area is 150 Å². The summed E-state index contributed by atoms with van der Waals surface area (Å²) in [5, 5.41) is 13.5. The minimum Gasteiger partial charge on any atom is -0.350 e. The second kappa shape index (κ2) is 8.05. The van der Waals surface area contributed by atoms with Crippen LogP contribution in [0.2, 0.25) is 0 Å². The number of non-ortho nitro benzene ring substituents is 1. The highest BCUT2D eigenvalue weighted by atomic mass is 19.1. The summed E-state index contributed by atoms with van der Waals surface area (Å²) in [6.45, 7) is 2.27. The van der Waals surface area contributed by atoms with Gasteiger partial charge in [-0.1, -0.05) is 30.3 Å². The van der Waals surface area contributed by atoms with Gasteiger partial charge in [-0.3, -0.25) is 19.8 Å². The normalized spacial score (nSPS) is 15.6. The molecule has 0 bridgehead atoms. The van der Waals surface area contributed by atoms with Gasteiger partial charge in [0.05, 0.1) is 22.6 Å². The smallest absolute Gasteiger partial charge is 0.272 e. The molecule has 3 rings (SSSR count). The summed E-state index contributed by atoms with van der Waals surface area (Å²) in [7, 11) is 0. The van der Waals surface area contributed by atoms with Crippen molar-refractivity contribution in [2.45, 2.75) is 18.9 Å². The Kier molecular flexibility index (Phi) is 5.58. The molecule has 1 atom stereocenters. The number of nitrogens with one attached hydrogen (secondary N) is 1. The summed E-state index contributed by atoms with van der Waals surface area (Å²) in [5.41, 5.74) is 0.529. The van der Waals surface area contributed by atoms with Crippen LogP contribution in [-0.2, 0) is 0 Å². The molecule has 0 radical (unpaired) electrons. The Morgan fingerprint density at radius 3 is 2.50 bits per heavy atom. The van der Waals surface area contributed by atoms with Crippen LogP contribution in [0, 0.1) is 15.9 Å². The van der Waals surface area contributed by atoms with E-state index in [0.717, 1.165) is 49.7 Å². The number of carbonyl (C=O) groups is 1. The number of rotatable bonds is 6. The number of hydrogen-bond acceptors (Lipinski definition) is 4. The van der Waals surface area contributed by atoms with Crippen molar-refractivity contribution in [3.05, 3.63) is 75.6 Å². The molecular formula is C19H20FN3O3. The molecule has 1 aliphatic rings. The molecule has 1 fully saturated rings. The summed E-state index contributed by atoms with van der Waals surface area (Å²) in [5.74, 6) is -1.47. The van der Waals surface area contributed by atoms with E-state index in [-0.39, 0.29) is 17.3 Å². The fourth-order valence-corrected chi connectivity index (χ4v) is 3.27. The average molecular weight is 357 g/mol. The lowest BCUT2D eigenvalue weighted by atomic mass is 10.1. The summed E-state index contributed by atoms with van der Waals surface area (Å²) < 4.78 is 14.0. The number of carbonyl (C=O) groups excluding carboxylic acids is 1. The lowest BCUT2D eigenvalue weighted by molar-refractivity contribution is -0.385. The number of amides is 1. The molecule has 1 amide bonds. The van der Waals surface area contributed by atoms with E-state index in [1.807, 2.05) is 30.3 Å². The monoisotopic (exact) mass is 357 g/mol. The summed E-state index contributed by atoms with van der Waals surface area (Å²) in [6.07, 6.45) is 2.24.